The van der Waals surface area contributed by atoms with Crippen LogP contribution in [0.3, 0.4) is 0 Å². The van der Waals surface area contributed by atoms with Crippen molar-refractivity contribution in [3.05, 3.63) is 35.9 Å². The molecule has 1 aromatic rings. The van der Waals surface area contributed by atoms with E-state index in [1.807, 2.05) is 26.8 Å². The predicted molar refractivity (Wildman–Crippen MR) is 57.3 cm³/mol. The van der Waals surface area contributed by atoms with Gasteiger partial charge in [-0.2, -0.15) is 4.89 Å². The maximum absolute atomic E-state index is 11.5. The van der Waals surface area contributed by atoms with Crippen molar-refractivity contribution in [2.75, 3.05) is 0 Å². The fraction of sp³-hybridized carbons (Fsp3) is 0.417. The van der Waals surface area contributed by atoms with E-state index in [1.165, 1.54) is 0 Å². The molecule has 0 unspecified atom stereocenters. The first-order chi connectivity index (χ1) is 7.05. The van der Waals surface area contributed by atoms with Gasteiger partial charge >= 0.3 is 5.97 Å². The standard InChI is InChI=1S/C12H16O3/c1-4-12(2,3)15-14-11(13)10-8-6-5-7-9-10/h5-9H,4H2,1-3H3. The molecule has 0 fully saturated rings. The molecule has 0 aliphatic heterocycles. The van der Waals surface area contributed by atoms with Crippen LogP contribution in [-0.4, -0.2) is 11.6 Å². The first-order valence-corrected chi connectivity index (χ1v) is 5.00. The third kappa shape index (κ3) is 3.72. The quantitative estimate of drug-likeness (QED) is 0.563. The van der Waals surface area contributed by atoms with Crippen molar-refractivity contribution in [1.29, 1.82) is 0 Å². The van der Waals surface area contributed by atoms with Crippen LogP contribution in [0.1, 0.15) is 37.6 Å². The van der Waals surface area contributed by atoms with Gasteiger partial charge in [0.1, 0.15) is 5.60 Å². The van der Waals surface area contributed by atoms with Gasteiger partial charge in [-0.25, -0.2) is 4.79 Å². The SMILES string of the molecule is CCC(C)(C)OOC(=O)c1ccccc1. The maximum atomic E-state index is 11.5. The van der Waals surface area contributed by atoms with Gasteiger partial charge < -0.3 is 0 Å². The third-order valence-electron chi connectivity index (χ3n) is 2.20. The maximum Gasteiger partial charge on any atom is 0.373 e. The Balaban J connectivity index is 2.51. The van der Waals surface area contributed by atoms with Crippen LogP contribution in [0.15, 0.2) is 30.3 Å². The molecule has 0 atom stereocenters. The monoisotopic (exact) mass is 208 g/mol. The van der Waals surface area contributed by atoms with Gasteiger partial charge in [0.2, 0.25) is 0 Å². The van der Waals surface area contributed by atoms with Crippen molar-refractivity contribution < 1.29 is 14.6 Å². The second-order valence-corrected chi connectivity index (χ2v) is 3.93. The number of hydrogen-bond acceptors (Lipinski definition) is 3. The van der Waals surface area contributed by atoms with E-state index in [-0.39, 0.29) is 0 Å². The summed E-state index contributed by atoms with van der Waals surface area (Å²) >= 11 is 0. The minimum Gasteiger partial charge on any atom is -0.292 e. The Labute approximate surface area is 89.9 Å². The zero-order valence-electron chi connectivity index (χ0n) is 9.32. The minimum absolute atomic E-state index is 0.440. The molecule has 0 aliphatic carbocycles. The van der Waals surface area contributed by atoms with E-state index in [1.54, 1.807) is 24.3 Å². The lowest BCUT2D eigenvalue weighted by molar-refractivity contribution is -0.307. The lowest BCUT2D eigenvalue weighted by atomic mass is 10.1. The molecule has 3 heteroatoms. The molecule has 0 saturated heterocycles. The van der Waals surface area contributed by atoms with Crippen LogP contribution < -0.4 is 0 Å². The van der Waals surface area contributed by atoms with Gasteiger partial charge in [0.15, 0.2) is 0 Å². The molecule has 3 nitrogen and oxygen atoms in total. The van der Waals surface area contributed by atoms with Gasteiger partial charge in [-0.1, -0.05) is 25.1 Å². The lowest BCUT2D eigenvalue weighted by Gasteiger charge is -2.20. The van der Waals surface area contributed by atoms with Crippen LogP contribution in [-0.2, 0) is 9.78 Å². The fourth-order valence-corrected chi connectivity index (χ4v) is 0.832. The topological polar surface area (TPSA) is 35.5 Å². The average molecular weight is 208 g/mol. The van der Waals surface area contributed by atoms with E-state index in [9.17, 15) is 4.79 Å². The summed E-state index contributed by atoms with van der Waals surface area (Å²) in [5.41, 5.74) is 0.0501. The normalized spacial score (nSPS) is 11.1. The Morgan fingerprint density at radius 2 is 1.87 bits per heavy atom. The minimum atomic E-state index is -0.461. The molecule has 0 saturated carbocycles. The number of carbonyl (C=O) groups excluding carboxylic acids is 1. The Kier molecular flexibility index (Phi) is 3.86. The van der Waals surface area contributed by atoms with Gasteiger partial charge in [0, 0.05) is 0 Å². The summed E-state index contributed by atoms with van der Waals surface area (Å²) in [5.74, 6) is -0.461. The molecule has 0 spiro atoms. The molecule has 0 bridgehead atoms. The van der Waals surface area contributed by atoms with Crippen LogP contribution in [0.25, 0.3) is 0 Å². The van der Waals surface area contributed by atoms with E-state index in [0.29, 0.717) is 5.56 Å². The molecule has 0 heterocycles. The number of hydrogen-bond donors (Lipinski definition) is 0. The van der Waals surface area contributed by atoms with E-state index in [4.69, 9.17) is 9.78 Å². The molecule has 1 aromatic carbocycles. The highest BCUT2D eigenvalue weighted by molar-refractivity contribution is 5.88. The van der Waals surface area contributed by atoms with Crippen molar-refractivity contribution in [1.82, 2.24) is 0 Å². The summed E-state index contributed by atoms with van der Waals surface area (Å²) in [7, 11) is 0. The molecule has 0 amide bonds. The molecule has 0 N–H and O–H groups in total. The number of benzene rings is 1. The summed E-state index contributed by atoms with van der Waals surface area (Å²) in [6, 6.07) is 8.77. The van der Waals surface area contributed by atoms with Crippen LogP contribution >= 0.6 is 0 Å². The molecule has 1 rings (SSSR count). The summed E-state index contributed by atoms with van der Waals surface area (Å²) in [6.07, 6.45) is 0.773. The summed E-state index contributed by atoms with van der Waals surface area (Å²) in [5, 5.41) is 0. The Morgan fingerprint density at radius 1 is 1.27 bits per heavy atom. The molecule has 0 aliphatic rings. The molecular formula is C12H16O3. The van der Waals surface area contributed by atoms with Gasteiger partial charge in [-0.05, 0) is 32.4 Å². The van der Waals surface area contributed by atoms with Gasteiger partial charge in [0.05, 0.1) is 5.56 Å². The van der Waals surface area contributed by atoms with Crippen LogP contribution in [0, 0.1) is 0 Å². The molecular weight excluding hydrogens is 192 g/mol. The van der Waals surface area contributed by atoms with Crippen LogP contribution in [0.5, 0.6) is 0 Å². The van der Waals surface area contributed by atoms with Crippen LogP contribution in [0.4, 0.5) is 0 Å². The number of rotatable bonds is 4. The highest BCUT2D eigenvalue weighted by atomic mass is 17.2. The fourth-order valence-electron chi connectivity index (χ4n) is 0.832. The summed E-state index contributed by atoms with van der Waals surface area (Å²) in [4.78, 5) is 21.3. The lowest BCUT2D eigenvalue weighted by Crippen LogP contribution is -2.25. The molecule has 0 aromatic heterocycles. The smallest absolute Gasteiger partial charge is 0.292 e. The average Bonchev–Trinajstić information content (AvgIpc) is 2.27. The highest BCUT2D eigenvalue weighted by Crippen LogP contribution is 2.14. The van der Waals surface area contributed by atoms with E-state index >= 15 is 0 Å². The van der Waals surface area contributed by atoms with Gasteiger partial charge in [-0.3, -0.25) is 4.89 Å². The zero-order chi connectivity index (χ0) is 11.3. The molecule has 82 valence electrons. The van der Waals surface area contributed by atoms with Crippen molar-refractivity contribution in [2.45, 2.75) is 32.8 Å². The van der Waals surface area contributed by atoms with Crippen molar-refractivity contribution in [3.8, 4) is 0 Å². The first-order valence-electron chi connectivity index (χ1n) is 5.00. The van der Waals surface area contributed by atoms with Crippen molar-refractivity contribution >= 4 is 5.97 Å². The second kappa shape index (κ2) is 4.94. The highest BCUT2D eigenvalue weighted by Gasteiger charge is 2.20. The first kappa shape index (κ1) is 11.7. The van der Waals surface area contributed by atoms with E-state index < -0.39 is 11.6 Å². The van der Waals surface area contributed by atoms with Gasteiger partial charge in [0.25, 0.3) is 0 Å². The summed E-state index contributed by atoms with van der Waals surface area (Å²) < 4.78 is 0. The second-order valence-electron chi connectivity index (χ2n) is 3.93. The predicted octanol–water partition coefficient (Wildman–Crippen LogP) is 2.96. The van der Waals surface area contributed by atoms with Crippen molar-refractivity contribution in [2.24, 2.45) is 0 Å². The summed E-state index contributed by atoms with van der Waals surface area (Å²) in [6.45, 7) is 5.70. The van der Waals surface area contributed by atoms with E-state index in [2.05, 4.69) is 0 Å². The molecule has 0 radical (unpaired) electrons. The zero-order valence-corrected chi connectivity index (χ0v) is 9.32. The van der Waals surface area contributed by atoms with E-state index in [0.717, 1.165) is 6.42 Å². The molecule has 15 heavy (non-hydrogen) atoms. The van der Waals surface area contributed by atoms with Crippen LogP contribution in [0.2, 0.25) is 0 Å². The third-order valence-corrected chi connectivity index (χ3v) is 2.20. The van der Waals surface area contributed by atoms with Crippen molar-refractivity contribution in [3.63, 3.8) is 0 Å². The largest absolute Gasteiger partial charge is 0.373 e. The Morgan fingerprint density at radius 3 is 2.40 bits per heavy atom. The Hall–Kier alpha value is -1.35. The van der Waals surface area contributed by atoms with Gasteiger partial charge in [-0.15, -0.1) is 0 Å². The Bertz CT molecular complexity index is 317. The number of carbonyl (C=O) groups is 1.